The third kappa shape index (κ3) is 2.70. The maximum atomic E-state index is 12.6. The molecule has 6 nitrogen and oxygen atoms in total. The smallest absolute Gasteiger partial charge is 0.326 e. The van der Waals surface area contributed by atoms with Gasteiger partial charge in [-0.1, -0.05) is 0 Å². The van der Waals surface area contributed by atoms with E-state index in [9.17, 15) is 19.5 Å². The highest BCUT2D eigenvalue weighted by molar-refractivity contribution is 5.96. The second-order valence-corrected chi connectivity index (χ2v) is 5.54. The van der Waals surface area contributed by atoms with E-state index in [4.69, 9.17) is 0 Å². The number of piperidine rings is 1. The Kier molecular flexibility index (Phi) is 4.16. The van der Waals surface area contributed by atoms with Gasteiger partial charge in [0, 0.05) is 19.3 Å². The summed E-state index contributed by atoms with van der Waals surface area (Å²) in [6.45, 7) is 4.02. The Hall–Kier alpha value is -2.11. The molecule has 1 aliphatic rings. The fourth-order valence-electron chi connectivity index (χ4n) is 2.72. The summed E-state index contributed by atoms with van der Waals surface area (Å²) in [5.74, 6) is -1.49. The van der Waals surface area contributed by atoms with Crippen molar-refractivity contribution in [2.75, 3.05) is 6.54 Å². The van der Waals surface area contributed by atoms with E-state index in [0.29, 0.717) is 13.0 Å². The van der Waals surface area contributed by atoms with Crippen molar-refractivity contribution >= 4 is 11.9 Å². The Morgan fingerprint density at radius 3 is 2.57 bits per heavy atom. The Morgan fingerprint density at radius 2 is 1.95 bits per heavy atom. The Morgan fingerprint density at radius 1 is 1.29 bits per heavy atom. The van der Waals surface area contributed by atoms with Gasteiger partial charge in [-0.3, -0.25) is 9.59 Å². The van der Waals surface area contributed by atoms with Crippen LogP contribution >= 0.6 is 0 Å². The quantitative estimate of drug-likeness (QED) is 0.884. The van der Waals surface area contributed by atoms with Crippen LogP contribution in [0.15, 0.2) is 10.9 Å². The zero-order valence-corrected chi connectivity index (χ0v) is 12.5. The summed E-state index contributed by atoms with van der Waals surface area (Å²) in [6.07, 6.45) is 1.98. The number of aryl methyl sites for hydroxylation is 1. The number of aromatic nitrogens is 1. The minimum atomic E-state index is -1.01. The molecular weight excluding hydrogens is 272 g/mol. The lowest BCUT2D eigenvalue weighted by Gasteiger charge is -2.33. The van der Waals surface area contributed by atoms with Gasteiger partial charge in [0.1, 0.15) is 11.6 Å². The molecule has 0 aliphatic carbocycles. The molecular formula is C15H20N2O4. The van der Waals surface area contributed by atoms with Crippen LogP contribution in [0.1, 0.15) is 40.9 Å². The summed E-state index contributed by atoms with van der Waals surface area (Å²) >= 11 is 0. The van der Waals surface area contributed by atoms with Crippen molar-refractivity contribution < 1.29 is 14.7 Å². The maximum Gasteiger partial charge on any atom is 0.326 e. The van der Waals surface area contributed by atoms with Crippen LogP contribution in [-0.2, 0) is 11.8 Å². The lowest BCUT2D eigenvalue weighted by Crippen LogP contribution is -2.49. The summed E-state index contributed by atoms with van der Waals surface area (Å²) in [7, 11) is 1.62. The van der Waals surface area contributed by atoms with E-state index in [1.807, 2.05) is 13.8 Å². The van der Waals surface area contributed by atoms with Crippen LogP contribution in [0.3, 0.4) is 0 Å². The molecule has 0 radical (unpaired) electrons. The maximum absolute atomic E-state index is 12.6. The monoisotopic (exact) mass is 292 g/mol. The van der Waals surface area contributed by atoms with Crippen LogP contribution in [0, 0.1) is 13.8 Å². The highest BCUT2D eigenvalue weighted by Crippen LogP contribution is 2.19. The number of pyridine rings is 1. The molecule has 1 unspecified atom stereocenters. The number of amides is 1. The van der Waals surface area contributed by atoms with Gasteiger partial charge in [-0.15, -0.1) is 0 Å². The van der Waals surface area contributed by atoms with Crippen molar-refractivity contribution in [1.29, 1.82) is 0 Å². The average molecular weight is 292 g/mol. The number of nitrogens with zero attached hydrogens (tertiary/aromatic N) is 2. The third-order valence-corrected chi connectivity index (χ3v) is 4.25. The molecule has 2 heterocycles. The number of carboxylic acid groups (broad SMARTS) is 1. The lowest BCUT2D eigenvalue weighted by molar-refractivity contribution is -0.143. The summed E-state index contributed by atoms with van der Waals surface area (Å²) in [6, 6.07) is 0.727. The number of carbonyl (C=O) groups excluding carboxylic acids is 1. The fourth-order valence-corrected chi connectivity index (χ4v) is 2.72. The Balaban J connectivity index is 2.44. The van der Waals surface area contributed by atoms with Gasteiger partial charge in [0.2, 0.25) is 0 Å². The molecule has 1 aromatic heterocycles. The summed E-state index contributed by atoms with van der Waals surface area (Å²) < 4.78 is 1.43. The fraction of sp³-hybridized carbons (Fsp3) is 0.533. The summed E-state index contributed by atoms with van der Waals surface area (Å²) in [4.78, 5) is 37.5. The minimum absolute atomic E-state index is 0.0498. The average Bonchev–Trinajstić information content (AvgIpc) is 2.48. The number of carboxylic acids is 1. The zero-order chi connectivity index (χ0) is 15.7. The molecule has 0 saturated carbocycles. The summed E-state index contributed by atoms with van der Waals surface area (Å²) in [5, 5.41) is 9.25. The molecule has 0 aromatic carbocycles. The van der Waals surface area contributed by atoms with Gasteiger partial charge in [0.05, 0.1) is 0 Å². The van der Waals surface area contributed by atoms with E-state index in [2.05, 4.69) is 0 Å². The van der Waals surface area contributed by atoms with Gasteiger partial charge >= 0.3 is 5.97 Å². The predicted molar refractivity (Wildman–Crippen MR) is 77.5 cm³/mol. The van der Waals surface area contributed by atoms with Crippen molar-refractivity contribution in [1.82, 2.24) is 9.47 Å². The normalized spacial score (nSPS) is 18.6. The van der Waals surface area contributed by atoms with Gasteiger partial charge in [-0.05, 0) is 44.7 Å². The second kappa shape index (κ2) is 5.71. The number of rotatable bonds is 2. The van der Waals surface area contributed by atoms with Gasteiger partial charge in [-0.25, -0.2) is 4.79 Å². The van der Waals surface area contributed by atoms with Crippen molar-refractivity contribution in [2.45, 2.75) is 39.2 Å². The molecule has 1 amide bonds. The zero-order valence-electron chi connectivity index (χ0n) is 12.5. The van der Waals surface area contributed by atoms with E-state index < -0.39 is 17.9 Å². The topological polar surface area (TPSA) is 79.6 Å². The van der Waals surface area contributed by atoms with Gasteiger partial charge in [0.15, 0.2) is 0 Å². The van der Waals surface area contributed by atoms with Crippen LogP contribution in [-0.4, -0.2) is 39.0 Å². The molecule has 1 fully saturated rings. The third-order valence-electron chi connectivity index (χ3n) is 4.25. The Labute approximate surface area is 123 Å². The van der Waals surface area contributed by atoms with Crippen molar-refractivity contribution in [3.63, 3.8) is 0 Å². The van der Waals surface area contributed by atoms with Crippen molar-refractivity contribution in [2.24, 2.45) is 7.05 Å². The van der Waals surface area contributed by atoms with Crippen molar-refractivity contribution in [3.05, 3.63) is 33.2 Å². The molecule has 2 rings (SSSR count). The van der Waals surface area contributed by atoms with Crippen LogP contribution in [0.5, 0.6) is 0 Å². The van der Waals surface area contributed by atoms with E-state index in [0.717, 1.165) is 24.1 Å². The number of hydrogen-bond donors (Lipinski definition) is 1. The molecule has 114 valence electrons. The predicted octanol–water partition coefficient (Wildman–Crippen LogP) is 1.08. The Bertz CT molecular complexity index is 648. The second-order valence-electron chi connectivity index (χ2n) is 5.54. The molecule has 1 saturated heterocycles. The first-order chi connectivity index (χ1) is 9.84. The summed E-state index contributed by atoms with van der Waals surface area (Å²) in [5.41, 5.74) is 1.31. The molecule has 6 heteroatoms. The van der Waals surface area contributed by atoms with Crippen LogP contribution in [0.25, 0.3) is 0 Å². The molecule has 1 aliphatic heterocycles. The lowest BCUT2D eigenvalue weighted by atomic mass is 10.0. The van der Waals surface area contributed by atoms with Gasteiger partial charge in [-0.2, -0.15) is 0 Å². The molecule has 0 spiro atoms. The number of likely N-dealkylation sites (tertiary alicyclic amines) is 1. The number of carbonyl (C=O) groups is 2. The largest absolute Gasteiger partial charge is 0.480 e. The molecule has 21 heavy (non-hydrogen) atoms. The highest BCUT2D eigenvalue weighted by Gasteiger charge is 2.33. The van der Waals surface area contributed by atoms with Crippen molar-refractivity contribution in [3.8, 4) is 0 Å². The van der Waals surface area contributed by atoms with Crippen LogP contribution in [0.2, 0.25) is 0 Å². The van der Waals surface area contributed by atoms with E-state index in [1.165, 1.54) is 9.47 Å². The minimum Gasteiger partial charge on any atom is -0.480 e. The van der Waals surface area contributed by atoms with Gasteiger partial charge < -0.3 is 14.6 Å². The number of hydrogen-bond acceptors (Lipinski definition) is 3. The van der Waals surface area contributed by atoms with Crippen LogP contribution < -0.4 is 5.56 Å². The standard InChI is InChI=1S/C15H20N2O4/c1-9-8-11(13(18)16(3)10(9)2)14(19)17-7-5-4-6-12(17)15(20)21/h8,12H,4-7H2,1-3H3,(H,20,21). The number of aliphatic carboxylic acids is 1. The first-order valence-electron chi connectivity index (χ1n) is 7.05. The van der Waals surface area contributed by atoms with Crippen LogP contribution in [0.4, 0.5) is 0 Å². The first kappa shape index (κ1) is 15.3. The molecule has 1 atom stereocenters. The van der Waals surface area contributed by atoms with E-state index in [1.54, 1.807) is 13.1 Å². The van der Waals surface area contributed by atoms with Gasteiger partial charge in [0.25, 0.3) is 11.5 Å². The molecule has 1 N–H and O–H groups in total. The molecule has 1 aromatic rings. The van der Waals surface area contributed by atoms with E-state index in [-0.39, 0.29) is 11.1 Å². The first-order valence-corrected chi connectivity index (χ1v) is 7.05. The highest BCUT2D eigenvalue weighted by atomic mass is 16.4. The molecule has 0 bridgehead atoms. The SMILES string of the molecule is Cc1cc(C(=O)N2CCCCC2C(=O)O)c(=O)n(C)c1C. The van der Waals surface area contributed by atoms with E-state index >= 15 is 0 Å².